The first-order chi connectivity index (χ1) is 9.06. The molecule has 1 aromatic carbocycles. The minimum absolute atomic E-state index is 0.0456. The lowest BCUT2D eigenvalue weighted by atomic mass is 10.1. The first-order valence-electron chi connectivity index (χ1n) is 5.59. The molecule has 6 nitrogen and oxygen atoms in total. The molecule has 2 N–H and O–H groups in total. The molecule has 2 aliphatic rings. The molecule has 0 aliphatic carbocycles. The summed E-state index contributed by atoms with van der Waals surface area (Å²) in [5.41, 5.74) is 0.362. The topological polar surface area (TPSA) is 84.5 Å². The third-order valence-electron chi connectivity index (χ3n) is 2.49. The molecule has 3 rings (SSSR count). The van der Waals surface area contributed by atoms with Crippen molar-refractivity contribution in [2.45, 2.75) is 6.42 Å². The minimum atomic E-state index is -0.398. The van der Waals surface area contributed by atoms with Gasteiger partial charge in [0.2, 0.25) is 5.91 Å². The second-order valence-electron chi connectivity index (χ2n) is 3.89. The van der Waals surface area contributed by atoms with Gasteiger partial charge in [-0.1, -0.05) is 0 Å². The Kier molecular flexibility index (Phi) is 3.74. The Morgan fingerprint density at radius 1 is 1.21 bits per heavy atom. The molecule has 3 amide bonds. The van der Waals surface area contributed by atoms with Gasteiger partial charge < -0.3 is 10.1 Å². The zero-order valence-electron chi connectivity index (χ0n) is 9.86. The summed E-state index contributed by atoms with van der Waals surface area (Å²) < 4.78 is 17.8. The SMILES string of the molecule is O=C1CCOc2ccc(F)cc21.O=C1CNC(=O)N1. The average Bonchev–Trinajstić information content (AvgIpc) is 2.75. The van der Waals surface area contributed by atoms with Crippen molar-refractivity contribution in [3.05, 3.63) is 29.6 Å². The number of ketones is 1. The lowest BCUT2D eigenvalue weighted by Crippen LogP contribution is -2.22. The van der Waals surface area contributed by atoms with E-state index in [4.69, 9.17) is 4.74 Å². The van der Waals surface area contributed by atoms with Gasteiger partial charge in [-0.25, -0.2) is 9.18 Å². The van der Waals surface area contributed by atoms with Crippen molar-refractivity contribution < 1.29 is 23.5 Å². The molecule has 0 saturated carbocycles. The highest BCUT2D eigenvalue weighted by Crippen LogP contribution is 2.24. The number of amides is 3. The van der Waals surface area contributed by atoms with E-state index in [9.17, 15) is 18.8 Å². The molecule has 100 valence electrons. The molecular weight excluding hydrogens is 255 g/mol. The number of fused-ring (bicyclic) bond motifs is 1. The number of carbonyl (C=O) groups is 3. The van der Waals surface area contributed by atoms with Crippen molar-refractivity contribution in [2.24, 2.45) is 0 Å². The van der Waals surface area contributed by atoms with Crippen molar-refractivity contribution in [1.82, 2.24) is 10.6 Å². The summed E-state index contributed by atoms with van der Waals surface area (Å²) in [4.78, 5) is 31.3. The summed E-state index contributed by atoms with van der Waals surface area (Å²) in [6.07, 6.45) is 0.344. The zero-order valence-corrected chi connectivity index (χ0v) is 9.86. The normalized spacial score (nSPS) is 16.6. The number of carbonyl (C=O) groups excluding carboxylic acids is 3. The van der Waals surface area contributed by atoms with Gasteiger partial charge in [-0.2, -0.15) is 0 Å². The van der Waals surface area contributed by atoms with Gasteiger partial charge in [0.05, 0.1) is 18.7 Å². The maximum absolute atomic E-state index is 12.7. The summed E-state index contributed by atoms with van der Waals surface area (Å²) in [6, 6.07) is 3.60. The molecule has 0 atom stereocenters. The van der Waals surface area contributed by atoms with E-state index >= 15 is 0 Å². The zero-order chi connectivity index (χ0) is 13.8. The number of hydrogen-bond donors (Lipinski definition) is 2. The van der Waals surface area contributed by atoms with E-state index in [0.717, 1.165) is 0 Å². The van der Waals surface area contributed by atoms with Crippen LogP contribution in [-0.4, -0.2) is 30.9 Å². The number of halogens is 1. The Hall–Kier alpha value is -2.44. The molecule has 1 saturated heterocycles. The number of nitrogens with one attached hydrogen (secondary N) is 2. The number of hydrogen-bond acceptors (Lipinski definition) is 4. The second-order valence-corrected chi connectivity index (χ2v) is 3.89. The molecule has 2 aliphatic heterocycles. The molecule has 1 aromatic rings. The standard InChI is InChI=1S/C9H7FO2.C3H4N2O2/c10-6-1-2-9-7(5-6)8(11)3-4-12-9;6-2-1-4-3(7)5-2/h1-2,5H,3-4H2;1H2,(H2,4,5,6,7). The number of Topliss-reactive ketones (excluding diaryl/α,β-unsaturated/α-hetero) is 1. The third-order valence-corrected chi connectivity index (χ3v) is 2.49. The molecule has 2 heterocycles. The van der Waals surface area contributed by atoms with Crippen molar-refractivity contribution >= 4 is 17.7 Å². The number of benzene rings is 1. The van der Waals surface area contributed by atoms with Crippen LogP contribution >= 0.6 is 0 Å². The highest BCUT2D eigenvalue weighted by molar-refractivity contribution is 6.01. The predicted molar refractivity (Wildman–Crippen MR) is 62.4 cm³/mol. The Morgan fingerprint density at radius 3 is 2.58 bits per heavy atom. The molecule has 0 spiro atoms. The van der Waals surface area contributed by atoms with E-state index < -0.39 is 11.8 Å². The van der Waals surface area contributed by atoms with Crippen LogP contribution in [0.3, 0.4) is 0 Å². The van der Waals surface area contributed by atoms with Crippen LogP contribution in [0.2, 0.25) is 0 Å². The summed E-state index contributed by atoms with van der Waals surface area (Å²) >= 11 is 0. The van der Waals surface area contributed by atoms with Crippen LogP contribution in [-0.2, 0) is 4.79 Å². The van der Waals surface area contributed by atoms with Crippen LogP contribution in [0.15, 0.2) is 18.2 Å². The predicted octanol–water partition coefficient (Wildman–Crippen LogP) is 0.617. The molecule has 1 fully saturated rings. The molecule has 19 heavy (non-hydrogen) atoms. The van der Waals surface area contributed by atoms with Crippen molar-refractivity contribution in [2.75, 3.05) is 13.2 Å². The fourth-order valence-electron chi connectivity index (χ4n) is 1.61. The summed E-state index contributed by atoms with van der Waals surface area (Å²) in [5.74, 6) is -0.207. The van der Waals surface area contributed by atoms with Gasteiger partial charge in [0, 0.05) is 6.42 Å². The fraction of sp³-hybridized carbons (Fsp3) is 0.250. The number of rotatable bonds is 0. The highest BCUT2D eigenvalue weighted by Gasteiger charge is 2.18. The molecule has 7 heteroatoms. The monoisotopic (exact) mass is 266 g/mol. The second kappa shape index (κ2) is 5.47. The van der Waals surface area contributed by atoms with E-state index in [1.165, 1.54) is 18.2 Å². The van der Waals surface area contributed by atoms with Crippen molar-refractivity contribution in [1.29, 1.82) is 0 Å². The van der Waals surface area contributed by atoms with Gasteiger partial charge in [0.1, 0.15) is 11.6 Å². The average molecular weight is 266 g/mol. The van der Waals surface area contributed by atoms with E-state index in [0.29, 0.717) is 24.3 Å². The Morgan fingerprint density at radius 2 is 2.00 bits per heavy atom. The first-order valence-corrected chi connectivity index (χ1v) is 5.59. The molecule has 0 radical (unpaired) electrons. The van der Waals surface area contributed by atoms with Gasteiger partial charge >= 0.3 is 6.03 Å². The minimum Gasteiger partial charge on any atom is -0.492 e. The number of ether oxygens (including phenoxy) is 1. The smallest absolute Gasteiger partial charge is 0.321 e. The summed E-state index contributed by atoms with van der Waals surface area (Å²) in [7, 11) is 0. The first kappa shape index (κ1) is 13.0. The molecule has 0 bridgehead atoms. The Bertz CT molecular complexity index is 531. The summed E-state index contributed by atoms with van der Waals surface area (Å²) in [6.45, 7) is 0.524. The van der Waals surface area contributed by atoms with E-state index in [1.807, 2.05) is 5.32 Å². The molecular formula is C12H11FN2O4. The lowest BCUT2D eigenvalue weighted by Gasteiger charge is -2.15. The molecule has 0 aromatic heterocycles. The van der Waals surface area contributed by atoms with E-state index in [2.05, 4.69) is 5.32 Å². The van der Waals surface area contributed by atoms with E-state index in [1.54, 1.807) is 0 Å². The van der Waals surface area contributed by atoms with Crippen LogP contribution in [0, 0.1) is 5.82 Å². The van der Waals surface area contributed by atoms with Crippen LogP contribution < -0.4 is 15.4 Å². The third kappa shape index (κ3) is 3.27. The lowest BCUT2D eigenvalue weighted by molar-refractivity contribution is -0.117. The number of urea groups is 1. The maximum Gasteiger partial charge on any atom is 0.321 e. The van der Waals surface area contributed by atoms with Crippen LogP contribution in [0.5, 0.6) is 5.75 Å². The van der Waals surface area contributed by atoms with Gasteiger partial charge in [-0.15, -0.1) is 0 Å². The highest BCUT2D eigenvalue weighted by atomic mass is 19.1. The fourth-order valence-corrected chi connectivity index (χ4v) is 1.61. The number of imide groups is 1. The van der Waals surface area contributed by atoms with Crippen LogP contribution in [0.25, 0.3) is 0 Å². The Balaban J connectivity index is 0.000000163. The van der Waals surface area contributed by atoms with Gasteiger partial charge in [-0.05, 0) is 18.2 Å². The van der Waals surface area contributed by atoms with Crippen LogP contribution in [0.1, 0.15) is 16.8 Å². The molecule has 0 unspecified atom stereocenters. The Labute approximate surface area is 107 Å². The van der Waals surface area contributed by atoms with Gasteiger partial charge in [0.15, 0.2) is 5.78 Å². The van der Waals surface area contributed by atoms with Gasteiger partial charge in [-0.3, -0.25) is 14.9 Å². The van der Waals surface area contributed by atoms with Crippen molar-refractivity contribution in [3.8, 4) is 5.75 Å². The summed E-state index contributed by atoms with van der Waals surface area (Å²) in [5, 5.41) is 4.30. The van der Waals surface area contributed by atoms with Crippen LogP contribution in [0.4, 0.5) is 9.18 Å². The largest absolute Gasteiger partial charge is 0.492 e. The quantitative estimate of drug-likeness (QED) is 0.674. The maximum atomic E-state index is 12.7. The van der Waals surface area contributed by atoms with E-state index in [-0.39, 0.29) is 18.2 Å². The van der Waals surface area contributed by atoms with Gasteiger partial charge in [0.25, 0.3) is 0 Å². The van der Waals surface area contributed by atoms with Crippen molar-refractivity contribution in [3.63, 3.8) is 0 Å².